The minimum absolute atomic E-state index is 0.129. The van der Waals surface area contributed by atoms with Crippen LogP contribution in [0.5, 0.6) is 0 Å². The van der Waals surface area contributed by atoms with E-state index in [1.165, 1.54) is 17.5 Å². The van der Waals surface area contributed by atoms with Crippen LogP contribution in [0.2, 0.25) is 0 Å². The molecule has 6 heteroatoms. The molecule has 1 aliphatic heterocycles. The first-order valence-electron chi connectivity index (χ1n) is 6.31. The lowest BCUT2D eigenvalue weighted by molar-refractivity contribution is -0.159. The number of esters is 1. The molecule has 1 saturated heterocycles. The van der Waals surface area contributed by atoms with Crippen LogP contribution in [0.15, 0.2) is 11.7 Å². The number of thiazole rings is 1. The average molecular weight is 282 g/mol. The molecular formula is C13H18N2O3S. The van der Waals surface area contributed by atoms with Crippen molar-refractivity contribution >= 4 is 23.2 Å². The first-order valence-corrected chi connectivity index (χ1v) is 7.19. The van der Waals surface area contributed by atoms with Crippen LogP contribution in [-0.2, 0) is 9.53 Å². The molecule has 0 radical (unpaired) electrons. The molecule has 0 spiro atoms. The number of ether oxygens (including phenoxy) is 1. The number of aromatic nitrogens is 1. The van der Waals surface area contributed by atoms with E-state index in [9.17, 15) is 9.59 Å². The Labute approximate surface area is 116 Å². The van der Waals surface area contributed by atoms with E-state index in [1.807, 2.05) is 20.8 Å². The van der Waals surface area contributed by atoms with E-state index in [1.54, 1.807) is 10.4 Å². The molecule has 1 aromatic rings. The van der Waals surface area contributed by atoms with E-state index in [-0.39, 0.29) is 11.9 Å². The maximum atomic E-state index is 12.3. The van der Waals surface area contributed by atoms with Crippen LogP contribution in [0.4, 0.5) is 0 Å². The molecule has 0 saturated carbocycles. The zero-order valence-electron chi connectivity index (χ0n) is 11.4. The molecular weight excluding hydrogens is 264 g/mol. The van der Waals surface area contributed by atoms with Gasteiger partial charge in [-0.05, 0) is 33.6 Å². The van der Waals surface area contributed by atoms with Crippen LogP contribution in [0, 0.1) is 0 Å². The quantitative estimate of drug-likeness (QED) is 0.779. The Morgan fingerprint density at radius 2 is 2.21 bits per heavy atom. The number of amides is 1. The van der Waals surface area contributed by atoms with Gasteiger partial charge in [-0.15, -0.1) is 11.3 Å². The van der Waals surface area contributed by atoms with Crippen molar-refractivity contribution in [1.82, 2.24) is 9.88 Å². The molecule has 0 aromatic carbocycles. The van der Waals surface area contributed by atoms with E-state index in [0.29, 0.717) is 17.8 Å². The Balaban J connectivity index is 2.09. The second-order valence-corrected chi connectivity index (χ2v) is 6.44. The predicted molar refractivity (Wildman–Crippen MR) is 72.0 cm³/mol. The molecule has 104 valence electrons. The lowest BCUT2D eigenvalue weighted by Crippen LogP contribution is -2.43. The predicted octanol–water partition coefficient (Wildman–Crippen LogP) is 2.09. The molecule has 2 heterocycles. The van der Waals surface area contributed by atoms with Crippen LogP contribution in [-0.4, -0.2) is 39.9 Å². The second-order valence-electron chi connectivity index (χ2n) is 5.56. The summed E-state index contributed by atoms with van der Waals surface area (Å²) in [6.07, 6.45) is 3.03. The van der Waals surface area contributed by atoms with Crippen LogP contribution < -0.4 is 0 Å². The van der Waals surface area contributed by atoms with Crippen LogP contribution in [0.1, 0.15) is 43.3 Å². The molecule has 0 unspecified atom stereocenters. The minimum atomic E-state index is -0.529. The van der Waals surface area contributed by atoms with Crippen molar-refractivity contribution in [3.8, 4) is 0 Å². The first-order chi connectivity index (χ1) is 8.88. The number of carbonyl (C=O) groups is 2. The Morgan fingerprint density at radius 3 is 2.79 bits per heavy atom. The van der Waals surface area contributed by atoms with Crippen molar-refractivity contribution in [2.45, 2.75) is 45.3 Å². The minimum Gasteiger partial charge on any atom is -0.458 e. The fraction of sp³-hybridized carbons (Fsp3) is 0.615. The number of nitrogens with zero attached hydrogens (tertiary/aromatic N) is 2. The largest absolute Gasteiger partial charge is 0.458 e. The van der Waals surface area contributed by atoms with Gasteiger partial charge in [0.05, 0.1) is 11.7 Å². The zero-order valence-corrected chi connectivity index (χ0v) is 12.2. The lowest BCUT2D eigenvalue weighted by Gasteiger charge is -2.27. The Kier molecular flexibility index (Phi) is 3.89. The van der Waals surface area contributed by atoms with Gasteiger partial charge in [0.1, 0.15) is 16.5 Å². The smallest absolute Gasteiger partial charge is 0.329 e. The molecule has 0 bridgehead atoms. The maximum Gasteiger partial charge on any atom is 0.329 e. The highest BCUT2D eigenvalue weighted by Crippen LogP contribution is 2.24. The SMILES string of the molecule is CC(C)(C)OC(=O)[C@@H]1CCCN1C(=O)c1cncs1. The number of likely N-dealkylation sites (tertiary alicyclic amines) is 1. The van der Waals surface area contributed by atoms with E-state index in [4.69, 9.17) is 4.74 Å². The zero-order chi connectivity index (χ0) is 14.0. The van der Waals surface area contributed by atoms with Gasteiger partial charge >= 0.3 is 5.97 Å². The molecule has 0 N–H and O–H groups in total. The fourth-order valence-corrected chi connectivity index (χ4v) is 2.66. The summed E-state index contributed by atoms with van der Waals surface area (Å²) in [6.45, 7) is 6.08. The summed E-state index contributed by atoms with van der Waals surface area (Å²) in [7, 11) is 0. The van der Waals surface area contributed by atoms with Gasteiger partial charge in [-0.25, -0.2) is 4.79 Å². The summed E-state index contributed by atoms with van der Waals surface area (Å²) in [5.41, 5.74) is 1.09. The molecule has 1 fully saturated rings. The number of hydrogen-bond donors (Lipinski definition) is 0. The number of carbonyl (C=O) groups excluding carboxylic acids is 2. The van der Waals surface area contributed by atoms with Gasteiger partial charge in [-0.1, -0.05) is 0 Å². The molecule has 1 aromatic heterocycles. The molecule has 5 nitrogen and oxygen atoms in total. The normalized spacial score (nSPS) is 19.5. The van der Waals surface area contributed by atoms with E-state index in [2.05, 4.69) is 4.98 Å². The Bertz CT molecular complexity index is 465. The molecule has 1 atom stereocenters. The molecule has 2 rings (SSSR count). The Hall–Kier alpha value is -1.43. The van der Waals surface area contributed by atoms with Crippen LogP contribution in [0.3, 0.4) is 0 Å². The summed E-state index contributed by atoms with van der Waals surface area (Å²) >= 11 is 1.29. The second kappa shape index (κ2) is 5.28. The van der Waals surface area contributed by atoms with Gasteiger partial charge in [-0.2, -0.15) is 0 Å². The average Bonchev–Trinajstić information content (AvgIpc) is 2.97. The van der Waals surface area contributed by atoms with Crippen molar-refractivity contribution < 1.29 is 14.3 Å². The lowest BCUT2D eigenvalue weighted by atomic mass is 10.1. The highest BCUT2D eigenvalue weighted by Gasteiger charge is 2.37. The third-order valence-electron chi connectivity index (χ3n) is 2.84. The molecule has 0 aliphatic carbocycles. The number of rotatable bonds is 2. The van der Waals surface area contributed by atoms with Crippen molar-refractivity contribution in [2.75, 3.05) is 6.54 Å². The molecule has 1 aliphatic rings. The fourth-order valence-electron chi connectivity index (χ4n) is 2.09. The topological polar surface area (TPSA) is 59.5 Å². The van der Waals surface area contributed by atoms with E-state index in [0.717, 1.165) is 6.42 Å². The molecule has 1 amide bonds. The first kappa shape index (κ1) is 14.0. The maximum absolute atomic E-state index is 12.3. The summed E-state index contributed by atoms with van der Waals surface area (Å²) in [4.78, 5) is 30.5. The van der Waals surface area contributed by atoms with Gasteiger partial charge in [0.2, 0.25) is 0 Å². The van der Waals surface area contributed by atoms with Gasteiger partial charge in [-0.3, -0.25) is 9.78 Å². The standard InChI is InChI=1S/C13H18N2O3S/c1-13(2,3)18-12(17)9-5-4-6-15(9)11(16)10-7-14-8-19-10/h7-9H,4-6H2,1-3H3/t9-/m0/s1. The van der Waals surface area contributed by atoms with E-state index >= 15 is 0 Å². The molecule has 19 heavy (non-hydrogen) atoms. The van der Waals surface area contributed by atoms with E-state index < -0.39 is 11.6 Å². The van der Waals surface area contributed by atoms with Crippen molar-refractivity contribution in [1.29, 1.82) is 0 Å². The highest BCUT2D eigenvalue weighted by molar-refractivity contribution is 7.11. The van der Waals surface area contributed by atoms with Crippen molar-refractivity contribution in [3.63, 3.8) is 0 Å². The van der Waals surface area contributed by atoms with Crippen molar-refractivity contribution in [2.24, 2.45) is 0 Å². The third-order valence-corrected chi connectivity index (χ3v) is 3.60. The summed E-state index contributed by atoms with van der Waals surface area (Å²) < 4.78 is 5.37. The third kappa shape index (κ3) is 3.32. The number of hydrogen-bond acceptors (Lipinski definition) is 5. The van der Waals surface area contributed by atoms with Crippen molar-refractivity contribution in [3.05, 3.63) is 16.6 Å². The summed E-state index contributed by atoms with van der Waals surface area (Å²) in [6, 6.07) is -0.464. The monoisotopic (exact) mass is 282 g/mol. The van der Waals surface area contributed by atoms with Gasteiger partial charge < -0.3 is 9.64 Å². The highest BCUT2D eigenvalue weighted by atomic mass is 32.1. The van der Waals surface area contributed by atoms with Gasteiger partial charge in [0, 0.05) is 6.54 Å². The Morgan fingerprint density at radius 1 is 1.47 bits per heavy atom. The van der Waals surface area contributed by atoms with Crippen LogP contribution >= 0.6 is 11.3 Å². The van der Waals surface area contributed by atoms with Gasteiger partial charge in [0.15, 0.2) is 0 Å². The van der Waals surface area contributed by atoms with Gasteiger partial charge in [0.25, 0.3) is 5.91 Å². The summed E-state index contributed by atoms with van der Waals surface area (Å²) in [5, 5.41) is 0. The van der Waals surface area contributed by atoms with Crippen LogP contribution in [0.25, 0.3) is 0 Å². The summed E-state index contributed by atoms with van der Waals surface area (Å²) in [5.74, 6) is -0.446.